The van der Waals surface area contributed by atoms with Crippen molar-refractivity contribution in [3.8, 4) is 5.75 Å². The van der Waals surface area contributed by atoms with E-state index in [9.17, 15) is 14.4 Å². The van der Waals surface area contributed by atoms with E-state index >= 15 is 0 Å². The smallest absolute Gasteiger partial charge is 0.306 e. The summed E-state index contributed by atoms with van der Waals surface area (Å²) < 4.78 is 5.95. The van der Waals surface area contributed by atoms with E-state index in [0.717, 1.165) is 19.3 Å². The molecule has 4 rings (SSSR count). The lowest BCUT2D eigenvalue weighted by molar-refractivity contribution is -0.143. The zero-order chi connectivity index (χ0) is 24.1. The van der Waals surface area contributed by atoms with Gasteiger partial charge in [-0.1, -0.05) is 17.7 Å². The van der Waals surface area contributed by atoms with Crippen molar-refractivity contribution in [3.63, 3.8) is 0 Å². The molecule has 2 aliphatic rings. The standard InChI is InChI=1S/C26H30N2O5S/c1-16-2-11-22-19(14-16)15-23(34-22)25(30)28-13-12-27-24(29)17-3-7-20(8-4-17)33-21-9-5-18(6-10-21)26(31)32/h2-4,7-8,11,14,18,21,23H,5-6,9-10,12-13,15H2,1H3,(H,27,29)(H,28,30)(H,31,32)/t18-,21+,23?. The molecule has 1 unspecified atom stereocenters. The van der Waals surface area contributed by atoms with Gasteiger partial charge < -0.3 is 20.5 Å². The van der Waals surface area contributed by atoms with E-state index in [2.05, 4.69) is 35.8 Å². The summed E-state index contributed by atoms with van der Waals surface area (Å²) in [7, 11) is 0. The van der Waals surface area contributed by atoms with Crippen LogP contribution in [0.2, 0.25) is 0 Å². The van der Waals surface area contributed by atoms with Gasteiger partial charge in [0.25, 0.3) is 5.91 Å². The predicted octanol–water partition coefficient (Wildman–Crippen LogP) is 3.58. The molecule has 7 nitrogen and oxygen atoms in total. The van der Waals surface area contributed by atoms with E-state index in [4.69, 9.17) is 9.84 Å². The summed E-state index contributed by atoms with van der Waals surface area (Å²) in [6, 6.07) is 13.2. The Morgan fingerprint density at radius 2 is 1.71 bits per heavy atom. The van der Waals surface area contributed by atoms with E-state index in [1.807, 2.05) is 0 Å². The molecule has 1 atom stereocenters. The van der Waals surface area contributed by atoms with Gasteiger partial charge >= 0.3 is 5.97 Å². The van der Waals surface area contributed by atoms with Crippen LogP contribution in [0.15, 0.2) is 47.4 Å². The second-order valence-corrected chi connectivity index (χ2v) is 10.2. The number of hydrogen-bond donors (Lipinski definition) is 3. The number of rotatable bonds is 8. The van der Waals surface area contributed by atoms with E-state index < -0.39 is 5.97 Å². The molecule has 0 saturated heterocycles. The summed E-state index contributed by atoms with van der Waals surface area (Å²) >= 11 is 1.59. The molecule has 0 radical (unpaired) electrons. The summed E-state index contributed by atoms with van der Waals surface area (Å²) in [6.07, 6.45) is 3.43. The number of carboxylic acid groups (broad SMARTS) is 1. The Morgan fingerprint density at radius 1 is 1.00 bits per heavy atom. The topological polar surface area (TPSA) is 105 Å². The third kappa shape index (κ3) is 6.11. The second-order valence-electron chi connectivity index (χ2n) is 8.92. The lowest BCUT2D eigenvalue weighted by Crippen LogP contribution is -2.38. The van der Waals surface area contributed by atoms with Gasteiger partial charge in [0.2, 0.25) is 5.91 Å². The van der Waals surface area contributed by atoms with Crippen molar-refractivity contribution < 1.29 is 24.2 Å². The average Bonchev–Trinajstić information content (AvgIpc) is 3.26. The maximum absolute atomic E-state index is 12.5. The SMILES string of the molecule is Cc1ccc2c(c1)CC(C(=O)NCCNC(=O)c1ccc(O[C@H]3CC[C@@H](C(=O)O)CC3)cc1)S2. The zero-order valence-corrected chi connectivity index (χ0v) is 20.0. The van der Waals surface area contributed by atoms with Crippen molar-refractivity contribution in [3.05, 3.63) is 59.2 Å². The molecule has 3 N–H and O–H groups in total. The van der Waals surface area contributed by atoms with Gasteiger partial charge in [-0.2, -0.15) is 0 Å². The molecule has 2 aromatic rings. The number of amides is 2. The van der Waals surface area contributed by atoms with Gasteiger partial charge in [-0.15, -0.1) is 11.8 Å². The Hall–Kier alpha value is -3.00. The molecule has 1 fully saturated rings. The van der Waals surface area contributed by atoms with E-state index in [0.29, 0.717) is 37.2 Å². The van der Waals surface area contributed by atoms with Crippen molar-refractivity contribution >= 4 is 29.5 Å². The van der Waals surface area contributed by atoms with Crippen molar-refractivity contribution in [1.29, 1.82) is 0 Å². The van der Waals surface area contributed by atoms with Crippen LogP contribution in [0.4, 0.5) is 0 Å². The van der Waals surface area contributed by atoms with E-state index in [1.54, 1.807) is 36.0 Å². The number of carbonyl (C=O) groups is 3. The molecular formula is C26H30N2O5S. The molecule has 180 valence electrons. The van der Waals surface area contributed by atoms with E-state index in [1.165, 1.54) is 16.0 Å². The number of carbonyl (C=O) groups excluding carboxylic acids is 2. The van der Waals surface area contributed by atoms with Gasteiger partial charge in [-0.05, 0) is 74.9 Å². The van der Waals surface area contributed by atoms with Crippen LogP contribution in [0.1, 0.15) is 47.2 Å². The monoisotopic (exact) mass is 482 g/mol. The quantitative estimate of drug-likeness (QED) is 0.497. The van der Waals surface area contributed by atoms with Crippen LogP contribution in [0.25, 0.3) is 0 Å². The summed E-state index contributed by atoms with van der Waals surface area (Å²) in [5, 5.41) is 14.7. The molecule has 1 saturated carbocycles. The number of thioether (sulfide) groups is 1. The molecular weight excluding hydrogens is 452 g/mol. The summed E-state index contributed by atoms with van der Waals surface area (Å²) in [5.41, 5.74) is 2.94. The Labute approximate surface area is 203 Å². The van der Waals surface area contributed by atoms with Gasteiger partial charge in [-0.25, -0.2) is 0 Å². The Bertz CT molecular complexity index is 1050. The van der Waals surface area contributed by atoms with Crippen LogP contribution in [0, 0.1) is 12.8 Å². The highest BCUT2D eigenvalue weighted by Crippen LogP contribution is 2.37. The Kier molecular flexibility index (Phi) is 7.77. The molecule has 0 spiro atoms. The molecule has 0 bridgehead atoms. The zero-order valence-electron chi connectivity index (χ0n) is 19.2. The molecule has 0 aromatic heterocycles. The highest BCUT2D eigenvalue weighted by atomic mass is 32.2. The second kappa shape index (κ2) is 11.0. The highest BCUT2D eigenvalue weighted by Gasteiger charge is 2.28. The first-order chi connectivity index (χ1) is 16.4. The summed E-state index contributed by atoms with van der Waals surface area (Å²) in [4.78, 5) is 37.1. The number of ether oxygens (including phenoxy) is 1. The normalized spacial score (nSPS) is 21.4. The van der Waals surface area contributed by atoms with Crippen molar-refractivity contribution in [2.75, 3.05) is 13.1 Å². The lowest BCUT2D eigenvalue weighted by Gasteiger charge is -2.26. The first-order valence-corrected chi connectivity index (χ1v) is 12.6. The number of benzene rings is 2. The highest BCUT2D eigenvalue weighted by molar-refractivity contribution is 8.01. The summed E-state index contributed by atoms with van der Waals surface area (Å²) in [6.45, 7) is 2.77. The predicted molar refractivity (Wildman–Crippen MR) is 130 cm³/mol. The molecule has 1 aliphatic carbocycles. The van der Waals surface area contributed by atoms with Gasteiger partial charge in [0, 0.05) is 23.5 Å². The van der Waals surface area contributed by atoms with Crippen molar-refractivity contribution in [2.45, 2.75) is 55.3 Å². The fourth-order valence-corrected chi connectivity index (χ4v) is 5.61. The lowest BCUT2D eigenvalue weighted by atomic mass is 9.87. The third-order valence-electron chi connectivity index (χ3n) is 6.34. The molecule has 2 amide bonds. The molecule has 34 heavy (non-hydrogen) atoms. The van der Waals surface area contributed by atoms with Gasteiger partial charge in [0.15, 0.2) is 0 Å². The maximum atomic E-state index is 12.5. The van der Waals surface area contributed by atoms with Crippen LogP contribution in [-0.2, 0) is 16.0 Å². The number of aryl methyl sites for hydroxylation is 1. The molecule has 8 heteroatoms. The minimum atomic E-state index is -0.730. The van der Waals surface area contributed by atoms with Gasteiger partial charge in [0.05, 0.1) is 17.3 Å². The number of carboxylic acids is 1. The fraction of sp³-hybridized carbons (Fsp3) is 0.423. The minimum absolute atomic E-state index is 0.00741. The minimum Gasteiger partial charge on any atom is -0.490 e. The van der Waals surface area contributed by atoms with Gasteiger partial charge in [-0.3, -0.25) is 14.4 Å². The third-order valence-corrected chi connectivity index (χ3v) is 7.65. The molecule has 1 heterocycles. The molecule has 2 aromatic carbocycles. The fourth-order valence-electron chi connectivity index (χ4n) is 4.41. The van der Waals surface area contributed by atoms with Crippen molar-refractivity contribution in [2.24, 2.45) is 5.92 Å². The Morgan fingerprint density at radius 3 is 2.41 bits per heavy atom. The number of fused-ring (bicyclic) bond motifs is 1. The van der Waals surface area contributed by atoms with Crippen LogP contribution in [0.3, 0.4) is 0 Å². The van der Waals surface area contributed by atoms with Crippen molar-refractivity contribution in [1.82, 2.24) is 10.6 Å². The number of nitrogens with one attached hydrogen (secondary N) is 2. The van der Waals surface area contributed by atoms with Crippen LogP contribution >= 0.6 is 11.8 Å². The van der Waals surface area contributed by atoms with Gasteiger partial charge in [0.1, 0.15) is 5.75 Å². The number of hydrogen-bond acceptors (Lipinski definition) is 5. The maximum Gasteiger partial charge on any atom is 0.306 e. The first-order valence-electron chi connectivity index (χ1n) is 11.7. The van der Waals surface area contributed by atoms with Crippen LogP contribution in [0.5, 0.6) is 5.75 Å². The Balaban J connectivity index is 1.15. The molecule has 1 aliphatic heterocycles. The van der Waals surface area contributed by atoms with E-state index in [-0.39, 0.29) is 29.1 Å². The summed E-state index contributed by atoms with van der Waals surface area (Å²) in [5.74, 6) is -0.541. The first kappa shape index (κ1) is 24.1. The number of aliphatic carboxylic acids is 1. The largest absolute Gasteiger partial charge is 0.490 e. The average molecular weight is 483 g/mol. The van der Waals surface area contributed by atoms with Crippen LogP contribution < -0.4 is 15.4 Å². The van der Waals surface area contributed by atoms with Crippen LogP contribution in [-0.4, -0.2) is 47.3 Å².